The lowest BCUT2D eigenvalue weighted by molar-refractivity contribution is 0.311. The van der Waals surface area contributed by atoms with Gasteiger partial charge in [-0.2, -0.15) is 9.97 Å². The molecule has 1 saturated heterocycles. The van der Waals surface area contributed by atoms with Gasteiger partial charge in [0.2, 0.25) is 0 Å². The number of amidine groups is 1. The fourth-order valence-electron chi connectivity index (χ4n) is 4.67. The second-order valence-electron chi connectivity index (χ2n) is 9.40. The molecule has 0 bridgehead atoms. The minimum absolute atomic E-state index is 0.174. The van der Waals surface area contributed by atoms with Crippen molar-refractivity contribution in [1.29, 1.82) is 0 Å². The Morgan fingerprint density at radius 3 is 2.75 bits per heavy atom. The minimum atomic E-state index is -0.268. The van der Waals surface area contributed by atoms with Crippen LogP contribution in [-0.4, -0.2) is 60.5 Å². The van der Waals surface area contributed by atoms with Gasteiger partial charge in [0.25, 0.3) is 0 Å². The topological polar surface area (TPSA) is 65.9 Å². The number of anilines is 2. The number of piperazine rings is 1. The van der Waals surface area contributed by atoms with Crippen LogP contribution >= 0.6 is 11.3 Å². The third-order valence-corrected chi connectivity index (χ3v) is 7.56. The van der Waals surface area contributed by atoms with Crippen molar-refractivity contribution in [1.82, 2.24) is 14.9 Å². The normalized spacial score (nSPS) is 17.5. The molecule has 184 valence electrons. The average molecular weight is 503 g/mol. The molecule has 0 amide bonds. The van der Waals surface area contributed by atoms with Gasteiger partial charge in [-0.1, -0.05) is 17.7 Å². The number of aliphatic imine (C=N–C) groups is 1. The Hall–Kier alpha value is -3.56. The molecule has 0 atom stereocenters. The maximum atomic E-state index is 14.7. The lowest BCUT2D eigenvalue weighted by atomic mass is 10.1. The molecule has 1 aliphatic carbocycles. The molecule has 1 aromatic carbocycles. The van der Waals surface area contributed by atoms with E-state index in [1.807, 2.05) is 31.2 Å². The number of likely N-dealkylation sites (N-methyl/N-ethyl adjacent to an activating group) is 1. The van der Waals surface area contributed by atoms with Crippen molar-refractivity contribution >= 4 is 40.5 Å². The molecule has 1 N–H and O–H groups in total. The zero-order valence-electron chi connectivity index (χ0n) is 20.3. The lowest BCUT2D eigenvalue weighted by Crippen LogP contribution is -2.44. The van der Waals surface area contributed by atoms with E-state index in [2.05, 4.69) is 54.6 Å². The number of fused-ring (bicyclic) bond motifs is 1. The first-order valence-electron chi connectivity index (χ1n) is 12.1. The molecule has 1 fully saturated rings. The van der Waals surface area contributed by atoms with Gasteiger partial charge in [0.1, 0.15) is 29.0 Å². The summed E-state index contributed by atoms with van der Waals surface area (Å²) < 4.78 is 20.8. The summed E-state index contributed by atoms with van der Waals surface area (Å²) in [6, 6.07) is 9.51. The smallest absolute Gasteiger partial charge is 0.325 e. The highest BCUT2D eigenvalue weighted by Gasteiger charge is 2.21. The maximum Gasteiger partial charge on any atom is 0.325 e. The first-order chi connectivity index (χ1) is 17.5. The van der Waals surface area contributed by atoms with Gasteiger partial charge in [-0.3, -0.25) is 4.99 Å². The van der Waals surface area contributed by atoms with E-state index in [0.29, 0.717) is 30.1 Å². The SMILES string of the molecule is CC1=Cc2cc(Oc3nc(NC4=NCC(c5cccs5)=C4)cc(N4CCN(C)CC4)n3)cc(F)c2C1. The number of nitrogens with one attached hydrogen (secondary N) is 1. The number of ether oxygens (including phenoxy) is 1. The van der Waals surface area contributed by atoms with Crippen LogP contribution in [0.25, 0.3) is 11.6 Å². The molecule has 9 heteroatoms. The summed E-state index contributed by atoms with van der Waals surface area (Å²) in [5, 5.41) is 5.40. The van der Waals surface area contributed by atoms with E-state index >= 15 is 0 Å². The summed E-state index contributed by atoms with van der Waals surface area (Å²) in [5.74, 6) is 2.23. The van der Waals surface area contributed by atoms with Crippen molar-refractivity contribution in [2.24, 2.45) is 4.99 Å². The first kappa shape index (κ1) is 22.9. The minimum Gasteiger partial charge on any atom is -0.424 e. The van der Waals surface area contributed by atoms with E-state index in [1.165, 1.54) is 16.5 Å². The number of hydrogen-bond acceptors (Lipinski definition) is 8. The molecule has 3 aromatic rings. The number of benzene rings is 1. The Kier molecular flexibility index (Phi) is 6.02. The van der Waals surface area contributed by atoms with Crippen molar-refractivity contribution in [3.8, 4) is 11.8 Å². The number of allylic oxidation sites excluding steroid dienone is 1. The highest BCUT2D eigenvalue weighted by molar-refractivity contribution is 7.11. The zero-order valence-corrected chi connectivity index (χ0v) is 21.1. The van der Waals surface area contributed by atoms with Crippen molar-refractivity contribution in [2.45, 2.75) is 13.3 Å². The van der Waals surface area contributed by atoms with Gasteiger partial charge in [0.05, 0.1) is 6.54 Å². The second-order valence-corrected chi connectivity index (χ2v) is 10.3. The van der Waals surface area contributed by atoms with Gasteiger partial charge in [-0.05, 0) is 60.7 Å². The van der Waals surface area contributed by atoms with Crippen LogP contribution in [0.2, 0.25) is 0 Å². The zero-order chi connectivity index (χ0) is 24.6. The number of halogens is 1. The summed E-state index contributed by atoms with van der Waals surface area (Å²) >= 11 is 1.70. The summed E-state index contributed by atoms with van der Waals surface area (Å²) in [4.78, 5) is 19.6. The van der Waals surface area contributed by atoms with Gasteiger partial charge >= 0.3 is 6.01 Å². The van der Waals surface area contributed by atoms with Crippen LogP contribution in [0.3, 0.4) is 0 Å². The number of nitrogens with zero attached hydrogens (tertiary/aromatic N) is 5. The Morgan fingerprint density at radius 2 is 1.94 bits per heavy atom. The van der Waals surface area contributed by atoms with Crippen LogP contribution in [0.1, 0.15) is 22.9 Å². The highest BCUT2D eigenvalue weighted by atomic mass is 32.1. The van der Waals surface area contributed by atoms with E-state index in [4.69, 9.17) is 4.74 Å². The number of thiophene rings is 1. The molecule has 7 nitrogen and oxygen atoms in total. The van der Waals surface area contributed by atoms with E-state index in [9.17, 15) is 4.39 Å². The predicted molar refractivity (Wildman–Crippen MR) is 144 cm³/mol. The molecule has 0 spiro atoms. The molecule has 3 aliphatic rings. The summed E-state index contributed by atoms with van der Waals surface area (Å²) in [7, 11) is 2.12. The molecular formula is C27H27FN6OS. The van der Waals surface area contributed by atoms with Crippen molar-refractivity contribution in [3.63, 3.8) is 0 Å². The van der Waals surface area contributed by atoms with Crippen molar-refractivity contribution < 1.29 is 9.13 Å². The Labute approximate surface area is 213 Å². The van der Waals surface area contributed by atoms with Crippen LogP contribution in [0.5, 0.6) is 11.8 Å². The van der Waals surface area contributed by atoms with Crippen molar-refractivity contribution in [2.75, 3.05) is 50.0 Å². The van der Waals surface area contributed by atoms with E-state index in [1.54, 1.807) is 11.3 Å². The summed E-state index contributed by atoms with van der Waals surface area (Å²) in [6.07, 6.45) is 4.68. The number of aromatic nitrogens is 2. The van der Waals surface area contributed by atoms with E-state index < -0.39 is 0 Å². The maximum absolute atomic E-state index is 14.7. The van der Waals surface area contributed by atoms with Gasteiger partial charge < -0.3 is 19.9 Å². The van der Waals surface area contributed by atoms with Crippen LogP contribution in [0, 0.1) is 5.82 Å². The largest absolute Gasteiger partial charge is 0.424 e. The lowest BCUT2D eigenvalue weighted by Gasteiger charge is -2.33. The molecule has 4 heterocycles. The van der Waals surface area contributed by atoms with Crippen LogP contribution in [0.15, 0.2) is 52.4 Å². The van der Waals surface area contributed by atoms with Crippen molar-refractivity contribution in [3.05, 3.63) is 69.2 Å². The number of hydrogen-bond donors (Lipinski definition) is 1. The van der Waals surface area contributed by atoms with Gasteiger partial charge in [-0.25, -0.2) is 4.39 Å². The van der Waals surface area contributed by atoms with E-state index in [0.717, 1.165) is 49.0 Å². The highest BCUT2D eigenvalue weighted by Crippen LogP contribution is 2.33. The molecule has 2 aliphatic heterocycles. The fraction of sp³-hybridized carbons (Fsp3) is 0.296. The van der Waals surface area contributed by atoms with E-state index in [-0.39, 0.29) is 11.8 Å². The van der Waals surface area contributed by atoms with Crippen LogP contribution in [0.4, 0.5) is 16.0 Å². The predicted octanol–water partition coefficient (Wildman–Crippen LogP) is 5.09. The molecular weight excluding hydrogens is 475 g/mol. The molecule has 36 heavy (non-hydrogen) atoms. The van der Waals surface area contributed by atoms with Gasteiger partial charge in [0.15, 0.2) is 0 Å². The molecule has 0 radical (unpaired) electrons. The third kappa shape index (κ3) is 4.76. The summed E-state index contributed by atoms with van der Waals surface area (Å²) in [5.41, 5.74) is 3.87. The standard InChI is InChI=1S/C27H27FN6OS/c1-17-10-18-12-20(14-22(28)21(18)11-17)35-27-31-25(15-26(32-27)34-7-5-33(2)6-8-34)30-24-13-19(16-29-24)23-4-3-9-36-23/h3-4,9-10,12-15H,5-8,11,16H2,1-2H3,(H,29,30,31,32). The average Bonchev–Trinajstić information content (AvgIpc) is 3.60. The Morgan fingerprint density at radius 1 is 1.08 bits per heavy atom. The Balaban J connectivity index is 1.29. The summed E-state index contributed by atoms with van der Waals surface area (Å²) in [6.45, 7) is 6.24. The number of rotatable bonds is 5. The monoisotopic (exact) mass is 502 g/mol. The Bertz CT molecular complexity index is 1390. The fourth-order valence-corrected chi connectivity index (χ4v) is 5.41. The first-order valence-corrected chi connectivity index (χ1v) is 12.9. The molecule has 0 unspecified atom stereocenters. The van der Waals surface area contributed by atoms with Gasteiger partial charge in [-0.15, -0.1) is 11.3 Å². The molecule has 2 aromatic heterocycles. The van der Waals surface area contributed by atoms with Crippen LogP contribution < -0.4 is 15.0 Å². The van der Waals surface area contributed by atoms with Gasteiger partial charge in [0, 0.05) is 43.2 Å². The quantitative estimate of drug-likeness (QED) is 0.525. The van der Waals surface area contributed by atoms with Crippen LogP contribution in [-0.2, 0) is 6.42 Å². The third-order valence-electron chi connectivity index (χ3n) is 6.61. The molecule has 6 rings (SSSR count). The molecule has 0 saturated carbocycles. The second kappa shape index (κ2) is 9.48.